The smallest absolute Gasteiger partial charge is 0.191 e. The van der Waals surface area contributed by atoms with Crippen molar-refractivity contribution in [3.63, 3.8) is 0 Å². The molecule has 2 heterocycles. The molecule has 2 fully saturated rings. The second-order valence-corrected chi connectivity index (χ2v) is 8.44. The SMILES string of the molecule is CCNC(=NCC(c1cccs1)N1CCOCC1)NCCCOC1CCCC1. The lowest BCUT2D eigenvalue weighted by molar-refractivity contribution is 0.0186. The van der Waals surface area contributed by atoms with Gasteiger partial charge in [-0.15, -0.1) is 11.3 Å². The first-order valence-electron chi connectivity index (χ1n) is 10.9. The van der Waals surface area contributed by atoms with Crippen molar-refractivity contribution in [2.45, 2.75) is 51.2 Å². The Kier molecular flexibility index (Phi) is 9.56. The zero-order valence-electron chi connectivity index (χ0n) is 17.2. The molecule has 2 aliphatic rings. The molecule has 0 radical (unpaired) electrons. The number of hydrogen-bond donors (Lipinski definition) is 2. The molecule has 0 amide bonds. The molecular weight excluding hydrogens is 372 g/mol. The molecule has 3 rings (SSSR count). The minimum Gasteiger partial charge on any atom is -0.379 e. The highest BCUT2D eigenvalue weighted by atomic mass is 32.1. The maximum absolute atomic E-state index is 5.95. The van der Waals surface area contributed by atoms with Crippen LogP contribution in [-0.4, -0.2) is 69.5 Å². The summed E-state index contributed by atoms with van der Waals surface area (Å²) >= 11 is 1.82. The van der Waals surface area contributed by atoms with Gasteiger partial charge >= 0.3 is 0 Å². The molecule has 158 valence electrons. The Morgan fingerprint density at radius 3 is 2.86 bits per heavy atom. The molecule has 1 saturated carbocycles. The molecule has 1 atom stereocenters. The lowest BCUT2D eigenvalue weighted by atomic mass is 10.2. The standard InChI is InChI=1S/C21H36N4O2S/c1-2-22-21(23-10-6-13-27-18-7-3-4-8-18)24-17-19(20-9-5-16-28-20)25-11-14-26-15-12-25/h5,9,16,18-19H,2-4,6-8,10-15,17H2,1H3,(H2,22,23,24). The van der Waals surface area contributed by atoms with Crippen molar-refractivity contribution >= 4 is 17.3 Å². The topological polar surface area (TPSA) is 58.1 Å². The van der Waals surface area contributed by atoms with Crippen molar-refractivity contribution in [2.75, 3.05) is 52.5 Å². The number of hydrogen-bond acceptors (Lipinski definition) is 5. The first-order valence-corrected chi connectivity index (χ1v) is 11.7. The Morgan fingerprint density at radius 2 is 2.14 bits per heavy atom. The fourth-order valence-electron chi connectivity index (χ4n) is 3.86. The van der Waals surface area contributed by atoms with Gasteiger partial charge in [0.1, 0.15) is 0 Å². The molecule has 1 aromatic rings. The van der Waals surface area contributed by atoms with Gasteiger partial charge in [0, 0.05) is 37.7 Å². The largest absolute Gasteiger partial charge is 0.379 e. The lowest BCUT2D eigenvalue weighted by Crippen LogP contribution is -2.41. The number of aliphatic imine (C=N–C) groups is 1. The summed E-state index contributed by atoms with van der Waals surface area (Å²) in [6, 6.07) is 4.68. The van der Waals surface area contributed by atoms with Crippen molar-refractivity contribution < 1.29 is 9.47 Å². The Hall–Kier alpha value is -1.15. The summed E-state index contributed by atoms with van der Waals surface area (Å²) < 4.78 is 11.5. The molecule has 1 aromatic heterocycles. The van der Waals surface area contributed by atoms with Gasteiger partial charge in [-0.05, 0) is 37.6 Å². The third-order valence-electron chi connectivity index (χ3n) is 5.39. The molecule has 0 spiro atoms. The van der Waals surface area contributed by atoms with Crippen molar-refractivity contribution in [2.24, 2.45) is 4.99 Å². The van der Waals surface area contributed by atoms with Crippen LogP contribution >= 0.6 is 11.3 Å². The summed E-state index contributed by atoms with van der Waals surface area (Å²) in [5.74, 6) is 0.901. The normalized spacial score (nSPS) is 20.4. The van der Waals surface area contributed by atoms with Crippen molar-refractivity contribution in [1.82, 2.24) is 15.5 Å². The van der Waals surface area contributed by atoms with Gasteiger partial charge in [0.25, 0.3) is 0 Å². The summed E-state index contributed by atoms with van der Waals surface area (Å²) in [5.41, 5.74) is 0. The molecule has 7 heteroatoms. The Morgan fingerprint density at radius 1 is 1.32 bits per heavy atom. The van der Waals surface area contributed by atoms with E-state index in [1.165, 1.54) is 30.6 Å². The maximum atomic E-state index is 5.95. The Bertz CT molecular complexity index is 555. The monoisotopic (exact) mass is 408 g/mol. The van der Waals surface area contributed by atoms with E-state index in [0.29, 0.717) is 12.1 Å². The van der Waals surface area contributed by atoms with Gasteiger partial charge in [-0.1, -0.05) is 18.9 Å². The minimum absolute atomic E-state index is 0.324. The predicted molar refractivity (Wildman–Crippen MR) is 116 cm³/mol. The summed E-state index contributed by atoms with van der Waals surface area (Å²) in [6.45, 7) is 9.03. The van der Waals surface area contributed by atoms with Gasteiger partial charge in [0.15, 0.2) is 5.96 Å². The number of nitrogens with zero attached hydrogens (tertiary/aromatic N) is 2. The van der Waals surface area contributed by atoms with Crippen LogP contribution in [-0.2, 0) is 9.47 Å². The average molecular weight is 409 g/mol. The molecule has 1 aliphatic carbocycles. The number of rotatable bonds is 10. The van der Waals surface area contributed by atoms with Crippen LogP contribution in [0.25, 0.3) is 0 Å². The molecule has 28 heavy (non-hydrogen) atoms. The van der Waals surface area contributed by atoms with Crippen LogP contribution in [0, 0.1) is 0 Å². The van der Waals surface area contributed by atoms with Gasteiger partial charge in [-0.3, -0.25) is 9.89 Å². The lowest BCUT2D eigenvalue weighted by Gasteiger charge is -2.33. The van der Waals surface area contributed by atoms with Crippen molar-refractivity contribution in [1.29, 1.82) is 0 Å². The van der Waals surface area contributed by atoms with Gasteiger partial charge in [-0.25, -0.2) is 0 Å². The van der Waals surface area contributed by atoms with Crippen LogP contribution in [0.1, 0.15) is 49.9 Å². The molecular formula is C21H36N4O2S. The van der Waals surface area contributed by atoms with Gasteiger partial charge in [0.05, 0.1) is 31.9 Å². The third-order valence-corrected chi connectivity index (χ3v) is 6.37. The van der Waals surface area contributed by atoms with E-state index in [-0.39, 0.29) is 0 Å². The molecule has 1 saturated heterocycles. The van der Waals surface area contributed by atoms with E-state index in [1.54, 1.807) is 0 Å². The summed E-state index contributed by atoms with van der Waals surface area (Å²) in [6.07, 6.45) is 6.65. The summed E-state index contributed by atoms with van der Waals surface area (Å²) in [7, 11) is 0. The molecule has 0 aromatic carbocycles. The zero-order chi connectivity index (χ0) is 19.4. The highest BCUT2D eigenvalue weighted by molar-refractivity contribution is 7.10. The first-order chi connectivity index (χ1) is 13.9. The van der Waals surface area contributed by atoms with E-state index in [0.717, 1.165) is 64.9 Å². The second-order valence-electron chi connectivity index (χ2n) is 7.46. The zero-order valence-corrected chi connectivity index (χ0v) is 18.0. The summed E-state index contributed by atoms with van der Waals surface area (Å²) in [5, 5.41) is 9.00. The Labute approximate surface area is 173 Å². The van der Waals surface area contributed by atoms with Gasteiger partial charge in [0.2, 0.25) is 0 Å². The molecule has 1 aliphatic heterocycles. The first kappa shape index (κ1) is 21.6. The highest BCUT2D eigenvalue weighted by Crippen LogP contribution is 2.26. The maximum Gasteiger partial charge on any atom is 0.191 e. The van der Waals surface area contributed by atoms with E-state index in [9.17, 15) is 0 Å². The van der Waals surface area contributed by atoms with Gasteiger partial charge < -0.3 is 20.1 Å². The van der Waals surface area contributed by atoms with E-state index >= 15 is 0 Å². The third kappa shape index (κ3) is 7.03. The van der Waals surface area contributed by atoms with Crippen molar-refractivity contribution in [3.05, 3.63) is 22.4 Å². The fraction of sp³-hybridized carbons (Fsp3) is 0.762. The molecule has 0 bridgehead atoms. The minimum atomic E-state index is 0.324. The number of nitrogens with one attached hydrogen (secondary N) is 2. The average Bonchev–Trinajstić information content (AvgIpc) is 3.43. The number of morpholine rings is 1. The van der Waals surface area contributed by atoms with E-state index in [4.69, 9.17) is 14.5 Å². The number of ether oxygens (including phenoxy) is 2. The van der Waals surface area contributed by atoms with Crippen LogP contribution in [0.4, 0.5) is 0 Å². The van der Waals surface area contributed by atoms with Crippen molar-refractivity contribution in [3.8, 4) is 0 Å². The fourth-order valence-corrected chi connectivity index (χ4v) is 4.71. The summed E-state index contributed by atoms with van der Waals surface area (Å²) in [4.78, 5) is 8.78. The van der Waals surface area contributed by atoms with Crippen LogP contribution in [0.2, 0.25) is 0 Å². The highest BCUT2D eigenvalue weighted by Gasteiger charge is 2.23. The molecule has 2 N–H and O–H groups in total. The molecule has 1 unspecified atom stereocenters. The van der Waals surface area contributed by atoms with Crippen LogP contribution in [0.3, 0.4) is 0 Å². The van der Waals surface area contributed by atoms with E-state index in [2.05, 4.69) is 40.0 Å². The number of thiophene rings is 1. The van der Waals surface area contributed by atoms with E-state index < -0.39 is 0 Å². The van der Waals surface area contributed by atoms with Crippen LogP contribution in [0.15, 0.2) is 22.5 Å². The van der Waals surface area contributed by atoms with Gasteiger partial charge in [-0.2, -0.15) is 0 Å². The van der Waals surface area contributed by atoms with Crippen LogP contribution in [0.5, 0.6) is 0 Å². The quantitative estimate of drug-likeness (QED) is 0.354. The predicted octanol–water partition coefficient (Wildman–Crippen LogP) is 3.03. The second kappa shape index (κ2) is 12.4. The van der Waals surface area contributed by atoms with Crippen LogP contribution < -0.4 is 10.6 Å². The number of guanidine groups is 1. The Balaban J connectivity index is 1.47. The molecule has 6 nitrogen and oxygen atoms in total. The van der Waals surface area contributed by atoms with E-state index in [1.807, 2.05) is 11.3 Å².